The third-order valence-electron chi connectivity index (χ3n) is 1.17. The monoisotopic (exact) mass is 200 g/mol. The van der Waals surface area contributed by atoms with E-state index >= 15 is 0 Å². The summed E-state index contributed by atoms with van der Waals surface area (Å²) in [6.45, 7) is 0. The van der Waals surface area contributed by atoms with E-state index in [9.17, 15) is 4.39 Å². The Morgan fingerprint density at radius 1 is 1.42 bits per heavy atom. The molecular formula is C9H6ClFS. The first-order valence-electron chi connectivity index (χ1n) is 3.28. The summed E-state index contributed by atoms with van der Waals surface area (Å²) in [5, 5.41) is 0.360. The minimum Gasteiger partial charge on any atom is -0.207 e. The van der Waals surface area contributed by atoms with Crippen LogP contribution >= 0.6 is 24.2 Å². The lowest BCUT2D eigenvalue weighted by Crippen LogP contribution is -1.79. The standard InChI is InChI=1S/C9H6ClFS/c10-8-4-7(2-1-3-12)5-9(11)6-8/h4-6,12H,3H2. The van der Waals surface area contributed by atoms with Gasteiger partial charge in [-0.3, -0.25) is 0 Å². The van der Waals surface area contributed by atoms with Gasteiger partial charge in [0.05, 0.1) is 5.75 Å². The molecule has 0 aliphatic rings. The first kappa shape index (κ1) is 9.44. The van der Waals surface area contributed by atoms with E-state index in [-0.39, 0.29) is 5.82 Å². The molecule has 0 aromatic heterocycles. The van der Waals surface area contributed by atoms with E-state index < -0.39 is 0 Å². The molecule has 3 heteroatoms. The maximum Gasteiger partial charge on any atom is 0.125 e. The van der Waals surface area contributed by atoms with Gasteiger partial charge in [-0.15, -0.1) is 0 Å². The number of thiol groups is 1. The summed E-state index contributed by atoms with van der Waals surface area (Å²) in [5.41, 5.74) is 0.578. The Morgan fingerprint density at radius 3 is 2.75 bits per heavy atom. The SMILES string of the molecule is Fc1cc(Cl)cc(C#CCS)c1. The second-order valence-electron chi connectivity index (χ2n) is 2.12. The largest absolute Gasteiger partial charge is 0.207 e. The molecule has 0 saturated heterocycles. The van der Waals surface area contributed by atoms with Crippen LogP contribution in [-0.4, -0.2) is 5.75 Å². The first-order valence-corrected chi connectivity index (χ1v) is 4.29. The molecule has 1 aromatic rings. The van der Waals surface area contributed by atoms with Crippen LogP contribution < -0.4 is 0 Å². The molecule has 0 aliphatic heterocycles. The second kappa shape index (κ2) is 4.39. The molecule has 0 amide bonds. The molecule has 62 valence electrons. The third-order valence-corrected chi connectivity index (χ3v) is 1.55. The molecule has 0 heterocycles. The summed E-state index contributed by atoms with van der Waals surface area (Å²) in [6, 6.07) is 4.19. The minimum atomic E-state index is -0.369. The van der Waals surface area contributed by atoms with E-state index in [1.807, 2.05) is 0 Å². The van der Waals surface area contributed by atoms with Crippen molar-refractivity contribution in [3.63, 3.8) is 0 Å². The first-order chi connectivity index (χ1) is 5.72. The number of benzene rings is 1. The Kier molecular flexibility index (Phi) is 3.46. The van der Waals surface area contributed by atoms with Crippen LogP contribution in [-0.2, 0) is 0 Å². The summed E-state index contributed by atoms with van der Waals surface area (Å²) >= 11 is 9.50. The topological polar surface area (TPSA) is 0 Å². The Hall–Kier alpha value is -0.650. The van der Waals surface area contributed by atoms with Crippen molar-refractivity contribution in [1.82, 2.24) is 0 Å². The lowest BCUT2D eigenvalue weighted by Gasteiger charge is -1.92. The quantitative estimate of drug-likeness (QED) is 0.483. The normalized spacial score (nSPS) is 8.92. The van der Waals surface area contributed by atoms with Gasteiger partial charge in [0.2, 0.25) is 0 Å². The molecular weight excluding hydrogens is 195 g/mol. The molecule has 12 heavy (non-hydrogen) atoms. The molecule has 0 spiro atoms. The predicted octanol–water partition coefficient (Wildman–Crippen LogP) is 2.76. The van der Waals surface area contributed by atoms with Crippen LogP contribution in [0.15, 0.2) is 18.2 Å². The van der Waals surface area contributed by atoms with E-state index in [2.05, 4.69) is 24.5 Å². The van der Waals surface area contributed by atoms with Crippen molar-refractivity contribution in [2.24, 2.45) is 0 Å². The van der Waals surface area contributed by atoms with E-state index in [1.54, 1.807) is 6.07 Å². The van der Waals surface area contributed by atoms with Gasteiger partial charge >= 0.3 is 0 Å². The van der Waals surface area contributed by atoms with Crippen molar-refractivity contribution >= 4 is 24.2 Å². The van der Waals surface area contributed by atoms with Crippen molar-refractivity contribution in [3.05, 3.63) is 34.6 Å². The van der Waals surface area contributed by atoms with Crippen LogP contribution in [0.25, 0.3) is 0 Å². The molecule has 0 saturated carbocycles. The summed E-state index contributed by atoms with van der Waals surface area (Å²) in [7, 11) is 0. The molecule has 0 bridgehead atoms. The summed E-state index contributed by atoms with van der Waals surface area (Å²) in [4.78, 5) is 0. The Morgan fingerprint density at radius 2 is 2.17 bits per heavy atom. The van der Waals surface area contributed by atoms with Crippen LogP contribution in [0.2, 0.25) is 5.02 Å². The Labute approximate surface area is 81.1 Å². The van der Waals surface area contributed by atoms with Crippen LogP contribution in [0.5, 0.6) is 0 Å². The average Bonchev–Trinajstić information content (AvgIpc) is 1.99. The van der Waals surface area contributed by atoms with E-state index in [4.69, 9.17) is 11.6 Å². The van der Waals surface area contributed by atoms with E-state index in [1.165, 1.54) is 12.1 Å². The highest BCUT2D eigenvalue weighted by atomic mass is 35.5. The van der Waals surface area contributed by atoms with Crippen LogP contribution in [0.1, 0.15) is 5.56 Å². The number of hydrogen-bond donors (Lipinski definition) is 1. The van der Waals surface area contributed by atoms with Crippen LogP contribution in [0, 0.1) is 17.7 Å². The van der Waals surface area contributed by atoms with Crippen molar-refractivity contribution in [3.8, 4) is 11.8 Å². The van der Waals surface area contributed by atoms with Gasteiger partial charge in [0.15, 0.2) is 0 Å². The smallest absolute Gasteiger partial charge is 0.125 e. The second-order valence-corrected chi connectivity index (χ2v) is 2.87. The lowest BCUT2D eigenvalue weighted by molar-refractivity contribution is 0.627. The molecule has 1 aromatic carbocycles. The predicted molar refractivity (Wildman–Crippen MR) is 52.1 cm³/mol. The Balaban J connectivity index is 3.01. The van der Waals surface area contributed by atoms with Crippen molar-refractivity contribution < 1.29 is 4.39 Å². The Bertz CT molecular complexity index is 318. The number of rotatable bonds is 0. The summed E-state index contributed by atoms with van der Waals surface area (Å²) in [6.07, 6.45) is 0. The van der Waals surface area contributed by atoms with Crippen molar-refractivity contribution in [1.29, 1.82) is 0 Å². The fraction of sp³-hybridized carbons (Fsp3) is 0.111. The molecule has 0 unspecified atom stereocenters. The maximum absolute atomic E-state index is 12.7. The molecule has 1 rings (SSSR count). The molecule has 0 atom stereocenters. The van der Waals surface area contributed by atoms with Gasteiger partial charge in [0.1, 0.15) is 5.82 Å². The van der Waals surface area contributed by atoms with Gasteiger partial charge < -0.3 is 0 Å². The highest BCUT2D eigenvalue weighted by molar-refractivity contribution is 7.80. The molecule has 0 fully saturated rings. The fourth-order valence-electron chi connectivity index (χ4n) is 0.768. The summed E-state index contributed by atoms with van der Waals surface area (Å²) in [5.74, 6) is 5.52. The molecule has 0 aliphatic carbocycles. The lowest BCUT2D eigenvalue weighted by atomic mass is 10.2. The van der Waals surface area contributed by atoms with Crippen molar-refractivity contribution in [2.75, 3.05) is 5.75 Å². The van der Waals surface area contributed by atoms with Gasteiger partial charge in [-0.1, -0.05) is 23.4 Å². The molecule has 0 N–H and O–H groups in total. The summed E-state index contributed by atoms with van der Waals surface area (Å²) < 4.78 is 12.7. The minimum absolute atomic E-state index is 0.360. The zero-order chi connectivity index (χ0) is 8.97. The van der Waals surface area contributed by atoms with Gasteiger partial charge in [0, 0.05) is 10.6 Å². The van der Waals surface area contributed by atoms with Crippen molar-refractivity contribution in [2.45, 2.75) is 0 Å². The molecule has 0 radical (unpaired) electrons. The highest BCUT2D eigenvalue weighted by Gasteiger charge is 1.95. The average molecular weight is 201 g/mol. The zero-order valence-electron chi connectivity index (χ0n) is 6.14. The van der Waals surface area contributed by atoms with Gasteiger partial charge in [-0.2, -0.15) is 12.6 Å². The highest BCUT2D eigenvalue weighted by Crippen LogP contribution is 2.12. The number of halogens is 2. The van der Waals surface area contributed by atoms with E-state index in [0.29, 0.717) is 16.3 Å². The zero-order valence-corrected chi connectivity index (χ0v) is 7.79. The third kappa shape index (κ3) is 2.77. The fourth-order valence-corrected chi connectivity index (χ4v) is 1.07. The van der Waals surface area contributed by atoms with E-state index in [0.717, 1.165) is 0 Å². The number of hydrogen-bond acceptors (Lipinski definition) is 1. The van der Waals surface area contributed by atoms with Gasteiger partial charge in [0.25, 0.3) is 0 Å². The van der Waals surface area contributed by atoms with Gasteiger partial charge in [-0.05, 0) is 18.2 Å². The van der Waals surface area contributed by atoms with Gasteiger partial charge in [-0.25, -0.2) is 4.39 Å². The molecule has 0 nitrogen and oxygen atoms in total. The van der Waals surface area contributed by atoms with Crippen LogP contribution in [0.3, 0.4) is 0 Å². The van der Waals surface area contributed by atoms with Crippen LogP contribution in [0.4, 0.5) is 4.39 Å². The maximum atomic E-state index is 12.7.